The van der Waals surface area contributed by atoms with Gasteiger partial charge >= 0.3 is 0 Å². The smallest absolute Gasteiger partial charge is 0.172 e. The molecule has 2 unspecified atom stereocenters. The second kappa shape index (κ2) is 7.12. The summed E-state index contributed by atoms with van der Waals surface area (Å²) in [6.07, 6.45) is 8.86. The molecular formula is C10H22O2P2. The van der Waals surface area contributed by atoms with Crippen molar-refractivity contribution in [2.75, 3.05) is 6.16 Å². The predicted octanol–water partition coefficient (Wildman–Crippen LogP) is 3.28. The van der Waals surface area contributed by atoms with Gasteiger partial charge in [0.2, 0.25) is 0 Å². The van der Waals surface area contributed by atoms with Crippen LogP contribution >= 0.6 is 17.0 Å². The molecule has 2 N–H and O–H groups in total. The van der Waals surface area contributed by atoms with E-state index >= 15 is 0 Å². The highest BCUT2D eigenvalue weighted by molar-refractivity contribution is 7.61. The number of hydrogen-bond donors (Lipinski definition) is 2. The highest BCUT2D eigenvalue weighted by atomic mass is 31.2. The van der Waals surface area contributed by atoms with Gasteiger partial charge in [0.25, 0.3) is 0 Å². The van der Waals surface area contributed by atoms with Gasteiger partial charge in [-0.1, -0.05) is 39.0 Å². The minimum atomic E-state index is -1.68. The van der Waals surface area contributed by atoms with E-state index in [9.17, 15) is 9.79 Å². The number of rotatable bonds is 5. The highest BCUT2D eigenvalue weighted by Gasteiger charge is 2.23. The molecule has 0 aromatic rings. The average Bonchev–Trinajstić information content (AvgIpc) is 2.18. The van der Waals surface area contributed by atoms with Crippen molar-refractivity contribution in [3.05, 3.63) is 0 Å². The zero-order valence-corrected chi connectivity index (χ0v) is 10.8. The van der Waals surface area contributed by atoms with Crippen LogP contribution in [-0.4, -0.2) is 21.3 Å². The lowest BCUT2D eigenvalue weighted by atomic mass is 9.87. The van der Waals surface area contributed by atoms with Gasteiger partial charge in [-0.3, -0.25) is 0 Å². The standard InChI is InChI=1S/C10H22O2P2/c1-2-13-10(14(11)12)8-9-6-4-3-5-7-9/h9-13H,2-8H2,1H3. The Morgan fingerprint density at radius 3 is 2.43 bits per heavy atom. The first-order chi connectivity index (χ1) is 6.74. The normalized spacial score (nSPS) is 22.3. The quantitative estimate of drug-likeness (QED) is 0.719. The van der Waals surface area contributed by atoms with Crippen LogP contribution in [0.25, 0.3) is 0 Å². The van der Waals surface area contributed by atoms with Crippen LogP contribution < -0.4 is 0 Å². The third-order valence-corrected chi connectivity index (χ3v) is 6.12. The minimum absolute atomic E-state index is 0.207. The Kier molecular flexibility index (Phi) is 6.53. The Morgan fingerprint density at radius 2 is 1.93 bits per heavy atom. The van der Waals surface area contributed by atoms with Crippen molar-refractivity contribution < 1.29 is 9.79 Å². The first kappa shape index (κ1) is 12.8. The molecule has 2 nitrogen and oxygen atoms in total. The van der Waals surface area contributed by atoms with Crippen LogP contribution in [0.1, 0.15) is 45.4 Å². The van der Waals surface area contributed by atoms with Crippen molar-refractivity contribution in [1.29, 1.82) is 0 Å². The van der Waals surface area contributed by atoms with E-state index in [-0.39, 0.29) is 5.40 Å². The maximum Gasteiger partial charge on any atom is 0.172 e. The van der Waals surface area contributed by atoms with Gasteiger partial charge in [-0.25, -0.2) is 0 Å². The topological polar surface area (TPSA) is 40.5 Å². The highest BCUT2D eigenvalue weighted by Crippen LogP contribution is 2.47. The molecule has 0 aromatic heterocycles. The fourth-order valence-electron chi connectivity index (χ4n) is 2.23. The Bertz CT molecular complexity index is 147. The summed E-state index contributed by atoms with van der Waals surface area (Å²) in [4.78, 5) is 18.6. The third-order valence-electron chi connectivity index (χ3n) is 3.00. The first-order valence-electron chi connectivity index (χ1n) is 5.64. The maximum atomic E-state index is 9.30. The largest absolute Gasteiger partial charge is 0.350 e. The van der Waals surface area contributed by atoms with Gasteiger partial charge < -0.3 is 9.79 Å². The van der Waals surface area contributed by atoms with Crippen LogP contribution in [-0.2, 0) is 0 Å². The monoisotopic (exact) mass is 236 g/mol. The molecule has 1 aliphatic carbocycles. The van der Waals surface area contributed by atoms with Crippen LogP contribution in [0.3, 0.4) is 0 Å². The third kappa shape index (κ3) is 4.53. The molecule has 0 saturated heterocycles. The molecule has 0 bridgehead atoms. The molecule has 0 aromatic carbocycles. The first-order valence-corrected chi connectivity index (χ1v) is 8.24. The summed E-state index contributed by atoms with van der Waals surface area (Å²) in [6.45, 7) is 2.13. The summed E-state index contributed by atoms with van der Waals surface area (Å²) < 4.78 is 0. The van der Waals surface area contributed by atoms with E-state index in [1.54, 1.807) is 0 Å². The fourth-order valence-corrected chi connectivity index (χ4v) is 4.89. The molecule has 0 amide bonds. The lowest BCUT2D eigenvalue weighted by molar-refractivity contribution is 0.340. The van der Waals surface area contributed by atoms with Gasteiger partial charge in [0.05, 0.1) is 0 Å². The van der Waals surface area contributed by atoms with Crippen LogP contribution in [0, 0.1) is 5.92 Å². The van der Waals surface area contributed by atoms with Crippen molar-refractivity contribution in [3.8, 4) is 0 Å². The molecule has 1 aliphatic rings. The van der Waals surface area contributed by atoms with Crippen LogP contribution in [0.2, 0.25) is 0 Å². The predicted molar refractivity (Wildman–Crippen MR) is 65.2 cm³/mol. The van der Waals surface area contributed by atoms with E-state index in [0.717, 1.165) is 27.1 Å². The zero-order chi connectivity index (χ0) is 10.4. The molecule has 1 rings (SSSR count). The summed E-state index contributed by atoms with van der Waals surface area (Å²) in [5, 5.41) is 0.207. The van der Waals surface area contributed by atoms with E-state index in [4.69, 9.17) is 0 Å². The molecule has 0 aliphatic heterocycles. The Balaban J connectivity index is 2.29. The number of hydrogen-bond acceptors (Lipinski definition) is 2. The van der Waals surface area contributed by atoms with E-state index in [1.165, 1.54) is 32.1 Å². The van der Waals surface area contributed by atoms with Crippen molar-refractivity contribution >= 4 is 17.0 Å². The van der Waals surface area contributed by atoms with E-state index in [1.807, 2.05) is 0 Å². The van der Waals surface area contributed by atoms with Crippen molar-refractivity contribution in [1.82, 2.24) is 0 Å². The van der Waals surface area contributed by atoms with Crippen LogP contribution in [0.5, 0.6) is 0 Å². The van der Waals surface area contributed by atoms with Gasteiger partial charge in [0.15, 0.2) is 8.38 Å². The van der Waals surface area contributed by atoms with Gasteiger partial charge in [-0.15, -0.1) is 8.58 Å². The van der Waals surface area contributed by atoms with Crippen molar-refractivity contribution in [2.24, 2.45) is 5.92 Å². The maximum absolute atomic E-state index is 9.30. The molecule has 4 heteroatoms. The lowest BCUT2D eigenvalue weighted by Crippen LogP contribution is -2.12. The van der Waals surface area contributed by atoms with E-state index in [0.29, 0.717) is 0 Å². The molecule has 1 saturated carbocycles. The SMILES string of the molecule is CCPC(CC1CCCCC1)P(O)O. The Hall–Kier alpha value is 0.780. The molecule has 0 radical (unpaired) electrons. The lowest BCUT2D eigenvalue weighted by Gasteiger charge is -2.26. The molecule has 2 atom stereocenters. The average molecular weight is 236 g/mol. The Morgan fingerprint density at radius 1 is 1.29 bits per heavy atom. The second-order valence-corrected chi connectivity index (χ2v) is 7.70. The van der Waals surface area contributed by atoms with Crippen molar-refractivity contribution in [2.45, 2.75) is 50.8 Å². The van der Waals surface area contributed by atoms with Gasteiger partial charge in [0.1, 0.15) is 0 Å². The van der Waals surface area contributed by atoms with Crippen LogP contribution in [0.15, 0.2) is 0 Å². The summed E-state index contributed by atoms with van der Waals surface area (Å²) in [7, 11) is -0.943. The summed E-state index contributed by atoms with van der Waals surface area (Å²) in [5.74, 6) is 0.775. The summed E-state index contributed by atoms with van der Waals surface area (Å²) in [5.41, 5.74) is 0. The summed E-state index contributed by atoms with van der Waals surface area (Å²) >= 11 is 0. The summed E-state index contributed by atoms with van der Waals surface area (Å²) in [6, 6.07) is 0. The Labute approximate surface area is 90.2 Å². The molecule has 84 valence electrons. The second-order valence-electron chi connectivity index (χ2n) is 4.13. The minimum Gasteiger partial charge on any atom is -0.350 e. The van der Waals surface area contributed by atoms with Gasteiger partial charge in [-0.2, -0.15) is 0 Å². The molecule has 14 heavy (non-hydrogen) atoms. The molecule has 0 heterocycles. The molecular weight excluding hydrogens is 214 g/mol. The van der Waals surface area contributed by atoms with E-state index in [2.05, 4.69) is 6.92 Å². The van der Waals surface area contributed by atoms with Gasteiger partial charge in [0, 0.05) is 5.40 Å². The molecule has 1 fully saturated rings. The zero-order valence-electron chi connectivity index (χ0n) is 8.95. The van der Waals surface area contributed by atoms with Gasteiger partial charge in [-0.05, 0) is 18.5 Å². The fraction of sp³-hybridized carbons (Fsp3) is 1.00. The van der Waals surface area contributed by atoms with Crippen molar-refractivity contribution in [3.63, 3.8) is 0 Å². The molecule has 0 spiro atoms. The van der Waals surface area contributed by atoms with E-state index < -0.39 is 8.38 Å². The van der Waals surface area contributed by atoms with Crippen LogP contribution in [0.4, 0.5) is 0 Å².